The van der Waals surface area contributed by atoms with E-state index in [0.717, 1.165) is 23.1 Å². The van der Waals surface area contributed by atoms with Gasteiger partial charge in [0.2, 0.25) is 0 Å². The van der Waals surface area contributed by atoms with Gasteiger partial charge in [-0.15, -0.1) is 0 Å². The molecule has 0 spiro atoms. The van der Waals surface area contributed by atoms with Crippen LogP contribution in [0.1, 0.15) is 82.1 Å². The van der Waals surface area contributed by atoms with Crippen LogP contribution in [0.15, 0.2) is 130 Å². The van der Waals surface area contributed by atoms with E-state index in [-0.39, 0.29) is 22.7 Å². The summed E-state index contributed by atoms with van der Waals surface area (Å²) in [4.78, 5) is 12.2. The molecule has 2 aliphatic carbocycles. The number of Topliss-reactive ketones (excluding diaryl/α,β-unsaturated/α-hetero) is 1. The molecule has 232 valence electrons. The van der Waals surface area contributed by atoms with Crippen LogP contribution in [0.4, 0.5) is 0 Å². The maximum absolute atomic E-state index is 12.2. The first-order valence-corrected chi connectivity index (χ1v) is 15.4. The molecular formula is C40H54O3. The molecule has 3 unspecified atom stereocenters. The highest BCUT2D eigenvalue weighted by molar-refractivity contribution is 6.00. The number of allylic oxidation sites excluding steroid dienone is 20. The van der Waals surface area contributed by atoms with Crippen LogP contribution in [-0.2, 0) is 4.79 Å². The van der Waals surface area contributed by atoms with Gasteiger partial charge in [-0.3, -0.25) is 4.79 Å². The van der Waals surface area contributed by atoms with E-state index >= 15 is 0 Å². The van der Waals surface area contributed by atoms with Gasteiger partial charge in [-0.2, -0.15) is 0 Å². The molecule has 0 aromatic rings. The molecule has 0 saturated heterocycles. The van der Waals surface area contributed by atoms with Crippen molar-refractivity contribution >= 4 is 5.78 Å². The molecule has 2 rings (SSSR count). The van der Waals surface area contributed by atoms with Crippen LogP contribution < -0.4 is 0 Å². The maximum Gasteiger partial charge on any atom is 0.187 e. The van der Waals surface area contributed by atoms with E-state index in [1.54, 1.807) is 0 Å². The number of hydrogen-bond acceptors (Lipinski definition) is 3. The summed E-state index contributed by atoms with van der Waals surface area (Å²) in [5.41, 5.74) is 7.29. The lowest BCUT2D eigenvalue weighted by Crippen LogP contribution is -2.35. The summed E-state index contributed by atoms with van der Waals surface area (Å²) in [6, 6.07) is 0. The molecule has 0 aliphatic heterocycles. The van der Waals surface area contributed by atoms with E-state index in [1.165, 1.54) is 16.7 Å². The zero-order chi connectivity index (χ0) is 32.4. The normalized spacial score (nSPS) is 26.3. The van der Waals surface area contributed by atoms with E-state index in [0.29, 0.717) is 17.9 Å². The first-order valence-electron chi connectivity index (χ1n) is 15.4. The minimum absolute atomic E-state index is 0.0473. The fourth-order valence-corrected chi connectivity index (χ4v) is 5.89. The van der Waals surface area contributed by atoms with Gasteiger partial charge in [-0.05, 0) is 76.4 Å². The first kappa shape index (κ1) is 35.9. The molecule has 0 fully saturated rings. The lowest BCUT2D eigenvalue weighted by atomic mass is 9.67. The van der Waals surface area contributed by atoms with Crippen molar-refractivity contribution in [3.63, 3.8) is 0 Å². The molecular weight excluding hydrogens is 528 g/mol. The Morgan fingerprint density at radius 3 is 1.77 bits per heavy atom. The van der Waals surface area contributed by atoms with Crippen molar-refractivity contribution in [3.8, 4) is 0 Å². The molecule has 3 nitrogen and oxygen atoms in total. The van der Waals surface area contributed by atoms with Crippen molar-refractivity contribution in [2.75, 3.05) is 0 Å². The molecule has 0 saturated carbocycles. The fraction of sp³-hybridized carbons (Fsp3) is 0.425. The zero-order valence-electron chi connectivity index (χ0n) is 28.1. The number of aliphatic hydroxyl groups excluding tert-OH is 2. The van der Waals surface area contributed by atoms with Gasteiger partial charge in [0.05, 0.1) is 6.10 Å². The molecule has 0 amide bonds. The van der Waals surface area contributed by atoms with E-state index in [1.807, 2.05) is 50.3 Å². The summed E-state index contributed by atoms with van der Waals surface area (Å²) >= 11 is 0. The second-order valence-corrected chi connectivity index (χ2v) is 13.6. The van der Waals surface area contributed by atoms with Crippen molar-refractivity contribution in [1.29, 1.82) is 0 Å². The van der Waals surface area contributed by atoms with Crippen LogP contribution in [0.25, 0.3) is 0 Å². The molecule has 43 heavy (non-hydrogen) atoms. The van der Waals surface area contributed by atoms with Crippen molar-refractivity contribution < 1.29 is 15.0 Å². The molecule has 0 radical (unpaired) electrons. The highest BCUT2D eigenvalue weighted by Crippen LogP contribution is 2.42. The number of rotatable bonds is 10. The first-order chi connectivity index (χ1) is 20.0. The Balaban J connectivity index is 1.92. The lowest BCUT2D eigenvalue weighted by molar-refractivity contribution is -0.125. The van der Waals surface area contributed by atoms with Crippen LogP contribution >= 0.6 is 0 Å². The standard InChI is InChI=1S/C40H54O3/c1-28(17-13-19-30(3)21-23-35-32(5)25-34(41)26-39(35,7)8)15-11-12-16-29(2)18-14-20-31(4)22-24-36-33(6)38(43)37(42)27-40(36,9)10/h11-25,34-35,37,41-42H,26-27H2,1-10H3/b12-11+,17-13+,18-14+,23-21+,24-22+,28-15+,29-16+,30-19+,31-20+. The number of hydrogen-bond donors (Lipinski definition) is 2. The Bertz CT molecular complexity index is 1360. The van der Waals surface area contributed by atoms with Gasteiger partial charge < -0.3 is 10.2 Å². The molecule has 2 aliphatic rings. The third kappa shape index (κ3) is 11.4. The van der Waals surface area contributed by atoms with Gasteiger partial charge in [0, 0.05) is 5.92 Å². The lowest BCUT2D eigenvalue weighted by Gasteiger charge is -2.38. The van der Waals surface area contributed by atoms with E-state index in [4.69, 9.17) is 0 Å². The molecule has 0 aromatic carbocycles. The summed E-state index contributed by atoms with van der Waals surface area (Å²) in [7, 11) is 0. The largest absolute Gasteiger partial charge is 0.389 e. The third-order valence-electron chi connectivity index (χ3n) is 8.36. The minimum Gasteiger partial charge on any atom is -0.389 e. The van der Waals surface area contributed by atoms with Gasteiger partial charge in [0.1, 0.15) is 6.10 Å². The van der Waals surface area contributed by atoms with Gasteiger partial charge in [0.25, 0.3) is 0 Å². The van der Waals surface area contributed by atoms with Gasteiger partial charge >= 0.3 is 0 Å². The Kier molecular flexibility index (Phi) is 13.4. The van der Waals surface area contributed by atoms with Crippen molar-refractivity contribution in [2.24, 2.45) is 16.7 Å². The average molecular weight is 583 g/mol. The van der Waals surface area contributed by atoms with Crippen molar-refractivity contribution in [3.05, 3.63) is 130 Å². The van der Waals surface area contributed by atoms with E-state index in [2.05, 4.69) is 110 Å². The second kappa shape index (κ2) is 16.0. The molecule has 3 atom stereocenters. The van der Waals surface area contributed by atoms with Gasteiger partial charge in [0.15, 0.2) is 5.78 Å². The summed E-state index contributed by atoms with van der Waals surface area (Å²) in [6.07, 6.45) is 31.2. The van der Waals surface area contributed by atoms with Crippen molar-refractivity contribution in [2.45, 2.75) is 94.3 Å². The summed E-state index contributed by atoms with van der Waals surface area (Å²) < 4.78 is 0. The Morgan fingerprint density at radius 2 is 1.23 bits per heavy atom. The topological polar surface area (TPSA) is 57.5 Å². The predicted octanol–water partition coefficient (Wildman–Crippen LogP) is 9.58. The van der Waals surface area contributed by atoms with Crippen LogP contribution in [-0.4, -0.2) is 28.2 Å². The Hall–Kier alpha value is -3.27. The number of carbonyl (C=O) groups is 1. The number of aliphatic hydroxyl groups is 2. The molecule has 0 bridgehead atoms. The molecule has 2 N–H and O–H groups in total. The third-order valence-corrected chi connectivity index (χ3v) is 8.36. The Morgan fingerprint density at radius 1 is 0.744 bits per heavy atom. The van der Waals surface area contributed by atoms with Gasteiger partial charge in [-0.1, -0.05) is 147 Å². The van der Waals surface area contributed by atoms with Crippen LogP contribution in [0.3, 0.4) is 0 Å². The minimum atomic E-state index is -0.898. The number of carbonyl (C=O) groups excluding carboxylic acids is 1. The van der Waals surface area contributed by atoms with Crippen LogP contribution in [0.2, 0.25) is 0 Å². The smallest absolute Gasteiger partial charge is 0.187 e. The Labute approximate surface area is 261 Å². The van der Waals surface area contributed by atoms with Gasteiger partial charge in [-0.25, -0.2) is 0 Å². The SMILES string of the molecule is CC1=CC(O)CC(C)(C)C1/C=C/C(C)=C/C=C/C(C)=C/C=C/C=C(C)/C=C/C=C(C)/C=C/C1=C(C)C(=O)C(O)CC1(C)C. The predicted molar refractivity (Wildman–Crippen MR) is 184 cm³/mol. The zero-order valence-corrected chi connectivity index (χ0v) is 28.1. The fourth-order valence-electron chi connectivity index (χ4n) is 5.89. The average Bonchev–Trinajstić information content (AvgIpc) is 2.88. The molecule has 0 heterocycles. The van der Waals surface area contributed by atoms with Crippen molar-refractivity contribution in [1.82, 2.24) is 0 Å². The number of ketones is 1. The summed E-state index contributed by atoms with van der Waals surface area (Å²) in [5, 5.41) is 20.1. The quantitative estimate of drug-likeness (QED) is 0.199. The van der Waals surface area contributed by atoms with Crippen LogP contribution in [0.5, 0.6) is 0 Å². The second-order valence-electron chi connectivity index (χ2n) is 13.6. The van der Waals surface area contributed by atoms with E-state index in [9.17, 15) is 15.0 Å². The maximum atomic E-state index is 12.2. The highest BCUT2D eigenvalue weighted by atomic mass is 16.3. The van der Waals surface area contributed by atoms with E-state index < -0.39 is 6.10 Å². The molecule has 3 heteroatoms. The summed E-state index contributed by atoms with van der Waals surface area (Å²) in [6.45, 7) is 20.8. The summed E-state index contributed by atoms with van der Waals surface area (Å²) in [5.74, 6) is 0.171. The monoisotopic (exact) mass is 582 g/mol. The molecule has 0 aromatic heterocycles. The highest BCUT2D eigenvalue weighted by Gasteiger charge is 2.36. The van der Waals surface area contributed by atoms with Crippen LogP contribution in [0, 0.1) is 16.7 Å².